The Bertz CT molecular complexity index is 530. The van der Waals surface area contributed by atoms with Gasteiger partial charge in [-0.1, -0.05) is 12.8 Å². The first kappa shape index (κ1) is 14.9. The van der Waals surface area contributed by atoms with Gasteiger partial charge in [-0.05, 0) is 40.8 Å². The molecule has 0 bridgehead atoms. The molecule has 1 fully saturated rings. The van der Waals surface area contributed by atoms with Gasteiger partial charge in [0.2, 0.25) is 10.0 Å². The van der Waals surface area contributed by atoms with Crippen LogP contribution in [0.15, 0.2) is 27.8 Å². The Morgan fingerprint density at radius 1 is 1.42 bits per heavy atom. The molecule has 1 aromatic rings. The second kappa shape index (κ2) is 6.30. The van der Waals surface area contributed by atoms with Gasteiger partial charge < -0.3 is 5.73 Å². The van der Waals surface area contributed by atoms with Crippen LogP contribution in [0.1, 0.15) is 25.7 Å². The first-order chi connectivity index (χ1) is 9.03. The van der Waals surface area contributed by atoms with Gasteiger partial charge in [-0.3, -0.25) is 4.98 Å². The maximum atomic E-state index is 12.3. The van der Waals surface area contributed by atoms with E-state index in [0.717, 1.165) is 25.7 Å². The van der Waals surface area contributed by atoms with Crippen LogP contribution in [0.4, 0.5) is 0 Å². The van der Waals surface area contributed by atoms with Crippen LogP contribution in [0.3, 0.4) is 0 Å². The molecule has 1 aliphatic rings. The third-order valence-electron chi connectivity index (χ3n) is 3.52. The fourth-order valence-electron chi connectivity index (χ4n) is 2.50. The van der Waals surface area contributed by atoms with E-state index in [-0.39, 0.29) is 10.9 Å². The summed E-state index contributed by atoms with van der Waals surface area (Å²) in [4.78, 5) is 4.05. The van der Waals surface area contributed by atoms with Crippen molar-refractivity contribution in [3.05, 3.63) is 22.9 Å². The fourth-order valence-corrected chi connectivity index (χ4v) is 4.32. The van der Waals surface area contributed by atoms with E-state index in [0.29, 0.717) is 16.9 Å². The van der Waals surface area contributed by atoms with Crippen LogP contribution in [0, 0.1) is 5.92 Å². The summed E-state index contributed by atoms with van der Waals surface area (Å²) in [6.45, 7) is 0.325. The van der Waals surface area contributed by atoms with Crippen molar-refractivity contribution in [2.45, 2.75) is 36.6 Å². The zero-order valence-corrected chi connectivity index (χ0v) is 13.0. The van der Waals surface area contributed by atoms with Gasteiger partial charge in [-0.2, -0.15) is 0 Å². The number of rotatable bonds is 5. The van der Waals surface area contributed by atoms with Crippen LogP contribution >= 0.6 is 15.9 Å². The Morgan fingerprint density at radius 2 is 2.11 bits per heavy atom. The molecule has 1 unspecified atom stereocenters. The third-order valence-corrected chi connectivity index (χ3v) is 5.41. The summed E-state index contributed by atoms with van der Waals surface area (Å²) >= 11 is 3.22. The van der Waals surface area contributed by atoms with E-state index < -0.39 is 10.0 Å². The summed E-state index contributed by atoms with van der Waals surface area (Å²) < 4.78 is 27.9. The van der Waals surface area contributed by atoms with E-state index >= 15 is 0 Å². The number of nitrogens with one attached hydrogen (secondary N) is 1. The summed E-state index contributed by atoms with van der Waals surface area (Å²) in [5.41, 5.74) is 5.72. The molecule has 1 atom stereocenters. The van der Waals surface area contributed by atoms with E-state index in [1.165, 1.54) is 12.3 Å². The highest BCUT2D eigenvalue weighted by molar-refractivity contribution is 9.10. The molecule has 3 N–H and O–H groups in total. The molecule has 1 aliphatic carbocycles. The Hall–Kier alpha value is -0.500. The van der Waals surface area contributed by atoms with Crippen molar-refractivity contribution in [2.75, 3.05) is 6.54 Å². The van der Waals surface area contributed by atoms with Crippen molar-refractivity contribution in [3.63, 3.8) is 0 Å². The molecule has 0 aliphatic heterocycles. The highest BCUT2D eigenvalue weighted by Crippen LogP contribution is 2.28. The zero-order chi connectivity index (χ0) is 13.9. The summed E-state index contributed by atoms with van der Waals surface area (Å²) in [6.07, 6.45) is 7.29. The monoisotopic (exact) mass is 347 g/mol. The number of hydrogen-bond acceptors (Lipinski definition) is 4. The van der Waals surface area contributed by atoms with Gasteiger partial charge in [-0.25, -0.2) is 13.1 Å². The summed E-state index contributed by atoms with van der Waals surface area (Å²) in [7, 11) is -3.55. The number of sulfonamides is 1. The second-order valence-electron chi connectivity index (χ2n) is 4.85. The van der Waals surface area contributed by atoms with E-state index in [9.17, 15) is 8.42 Å². The van der Waals surface area contributed by atoms with Crippen molar-refractivity contribution in [1.82, 2.24) is 9.71 Å². The maximum Gasteiger partial charge on any atom is 0.242 e. The quantitative estimate of drug-likeness (QED) is 0.847. The largest absolute Gasteiger partial charge is 0.329 e. The normalized spacial score (nSPS) is 18.6. The summed E-state index contributed by atoms with van der Waals surface area (Å²) in [5, 5.41) is 0. The Labute approximate surface area is 122 Å². The van der Waals surface area contributed by atoms with E-state index in [2.05, 4.69) is 25.6 Å². The molecule has 0 saturated heterocycles. The van der Waals surface area contributed by atoms with Crippen LogP contribution in [0.25, 0.3) is 0 Å². The summed E-state index contributed by atoms with van der Waals surface area (Å²) in [6, 6.07) is 1.35. The molecule has 0 radical (unpaired) electrons. The van der Waals surface area contributed by atoms with Gasteiger partial charge in [0, 0.05) is 29.5 Å². The predicted molar refractivity (Wildman–Crippen MR) is 77.1 cm³/mol. The number of pyridine rings is 1. The minimum Gasteiger partial charge on any atom is -0.329 e. The molecular weight excluding hydrogens is 330 g/mol. The highest BCUT2D eigenvalue weighted by atomic mass is 79.9. The van der Waals surface area contributed by atoms with Crippen molar-refractivity contribution < 1.29 is 8.42 Å². The van der Waals surface area contributed by atoms with Crippen molar-refractivity contribution in [2.24, 2.45) is 11.7 Å². The average Bonchev–Trinajstić information content (AvgIpc) is 2.90. The predicted octanol–water partition coefficient (Wildman–Crippen LogP) is 1.64. The standard InChI is InChI=1S/C12H18BrN3O2S/c13-10-5-11(8-15-7-10)19(17,18)16-12(6-14)9-3-1-2-4-9/h5,7-9,12,16H,1-4,6,14H2. The minimum atomic E-state index is -3.55. The van der Waals surface area contributed by atoms with Crippen LogP contribution in [0.2, 0.25) is 0 Å². The average molecular weight is 348 g/mol. The number of hydrogen-bond donors (Lipinski definition) is 2. The van der Waals surface area contributed by atoms with Gasteiger partial charge in [0.05, 0.1) is 0 Å². The van der Waals surface area contributed by atoms with Crippen LogP contribution in [-0.4, -0.2) is 26.0 Å². The van der Waals surface area contributed by atoms with Crippen LogP contribution < -0.4 is 10.5 Å². The van der Waals surface area contributed by atoms with Crippen LogP contribution in [-0.2, 0) is 10.0 Å². The molecule has 5 nitrogen and oxygen atoms in total. The lowest BCUT2D eigenvalue weighted by Crippen LogP contribution is -2.44. The minimum absolute atomic E-state index is 0.165. The Morgan fingerprint density at radius 3 is 2.68 bits per heavy atom. The molecule has 7 heteroatoms. The lowest BCUT2D eigenvalue weighted by atomic mass is 9.99. The van der Waals surface area contributed by atoms with E-state index in [1.54, 1.807) is 6.20 Å². The topological polar surface area (TPSA) is 85.1 Å². The lowest BCUT2D eigenvalue weighted by molar-refractivity contribution is 0.405. The second-order valence-corrected chi connectivity index (χ2v) is 7.48. The molecule has 19 heavy (non-hydrogen) atoms. The Balaban J connectivity index is 2.15. The van der Waals surface area contributed by atoms with Gasteiger partial charge in [0.25, 0.3) is 0 Å². The smallest absolute Gasteiger partial charge is 0.242 e. The number of halogens is 1. The van der Waals surface area contributed by atoms with Gasteiger partial charge in [-0.15, -0.1) is 0 Å². The van der Waals surface area contributed by atoms with Crippen molar-refractivity contribution in [1.29, 1.82) is 0 Å². The number of nitrogens with two attached hydrogens (primary N) is 1. The molecule has 0 spiro atoms. The van der Waals surface area contributed by atoms with E-state index in [1.807, 2.05) is 0 Å². The first-order valence-corrected chi connectivity index (χ1v) is 8.63. The maximum absolute atomic E-state index is 12.3. The Kier molecular flexibility index (Phi) is 4.94. The lowest BCUT2D eigenvalue weighted by Gasteiger charge is -2.22. The number of nitrogens with zero attached hydrogens (tertiary/aromatic N) is 1. The third kappa shape index (κ3) is 3.75. The fraction of sp³-hybridized carbons (Fsp3) is 0.583. The molecule has 0 aromatic carbocycles. The molecule has 106 valence electrons. The highest BCUT2D eigenvalue weighted by Gasteiger charge is 2.28. The van der Waals surface area contributed by atoms with Crippen molar-refractivity contribution in [3.8, 4) is 0 Å². The van der Waals surface area contributed by atoms with E-state index in [4.69, 9.17) is 5.73 Å². The van der Waals surface area contributed by atoms with Gasteiger partial charge >= 0.3 is 0 Å². The first-order valence-electron chi connectivity index (χ1n) is 6.36. The SMILES string of the molecule is NCC(NS(=O)(=O)c1cncc(Br)c1)C1CCCC1. The van der Waals surface area contributed by atoms with Gasteiger partial charge in [0.1, 0.15) is 4.90 Å². The van der Waals surface area contributed by atoms with Crippen molar-refractivity contribution >= 4 is 26.0 Å². The van der Waals surface area contributed by atoms with Gasteiger partial charge in [0.15, 0.2) is 0 Å². The molecule has 1 heterocycles. The number of aromatic nitrogens is 1. The molecule has 2 rings (SSSR count). The summed E-state index contributed by atoms with van der Waals surface area (Å²) in [5.74, 6) is 0.347. The molecular formula is C12H18BrN3O2S. The molecule has 1 aromatic heterocycles. The molecule has 1 saturated carbocycles. The van der Waals surface area contributed by atoms with Crippen LogP contribution in [0.5, 0.6) is 0 Å². The molecule has 0 amide bonds. The zero-order valence-electron chi connectivity index (χ0n) is 10.5.